The summed E-state index contributed by atoms with van der Waals surface area (Å²) in [4.78, 5) is 42.0. The van der Waals surface area contributed by atoms with Crippen LogP contribution < -0.4 is 10.9 Å². The Morgan fingerprint density at radius 3 is 2.64 bits per heavy atom. The van der Waals surface area contributed by atoms with E-state index in [1.165, 1.54) is 10.9 Å². The van der Waals surface area contributed by atoms with E-state index in [0.717, 1.165) is 16.9 Å². The topological polar surface area (TPSA) is 101 Å². The van der Waals surface area contributed by atoms with E-state index in [2.05, 4.69) is 10.3 Å². The number of aromatic nitrogens is 2. The van der Waals surface area contributed by atoms with Crippen molar-refractivity contribution in [3.8, 4) is 0 Å². The Balaban J connectivity index is 1.95. The number of thiophene rings is 1. The number of nitrogens with one attached hydrogen (secondary N) is 1. The Bertz CT molecular complexity index is 1070. The van der Waals surface area contributed by atoms with Gasteiger partial charge in [-0.1, -0.05) is 43.7 Å². The van der Waals surface area contributed by atoms with Crippen LogP contribution in [-0.2, 0) is 11.3 Å². The first-order chi connectivity index (χ1) is 13.4. The van der Waals surface area contributed by atoms with E-state index in [4.69, 9.17) is 0 Å². The van der Waals surface area contributed by atoms with E-state index < -0.39 is 17.9 Å². The first kappa shape index (κ1) is 19.8. The molecular formula is C20H21N3O4S. The third-order valence-corrected chi connectivity index (χ3v) is 5.70. The Labute approximate surface area is 165 Å². The average Bonchev–Trinajstić information content (AvgIpc) is 3.02. The minimum Gasteiger partial charge on any atom is -0.480 e. The van der Waals surface area contributed by atoms with Crippen LogP contribution >= 0.6 is 11.3 Å². The molecule has 2 aromatic heterocycles. The zero-order chi connectivity index (χ0) is 20.3. The number of aryl methyl sites for hydroxylation is 1. The van der Waals surface area contributed by atoms with Gasteiger partial charge in [-0.3, -0.25) is 14.2 Å². The quantitative estimate of drug-likeness (QED) is 0.636. The number of rotatable bonds is 7. The number of nitrogens with zero attached hydrogens (tertiary/aromatic N) is 2. The highest BCUT2D eigenvalue weighted by atomic mass is 32.1. The van der Waals surface area contributed by atoms with Gasteiger partial charge in [0.15, 0.2) is 0 Å². The second-order valence-electron chi connectivity index (χ2n) is 6.55. The second kappa shape index (κ2) is 8.35. The molecule has 0 saturated carbocycles. The zero-order valence-corrected chi connectivity index (χ0v) is 16.5. The van der Waals surface area contributed by atoms with Crippen molar-refractivity contribution in [3.63, 3.8) is 0 Å². The number of carbonyl (C=O) groups is 2. The maximum Gasteiger partial charge on any atom is 0.326 e. The largest absolute Gasteiger partial charge is 0.480 e. The number of hydrogen-bond acceptors (Lipinski definition) is 5. The number of aliphatic carboxylic acids is 1. The first-order valence-electron chi connectivity index (χ1n) is 8.98. The van der Waals surface area contributed by atoms with Crippen molar-refractivity contribution in [1.82, 2.24) is 14.9 Å². The predicted octanol–water partition coefficient (Wildman–Crippen LogP) is 2.80. The van der Waals surface area contributed by atoms with E-state index in [9.17, 15) is 19.5 Å². The summed E-state index contributed by atoms with van der Waals surface area (Å²) in [6.45, 7) is 3.93. The Hall–Kier alpha value is -3.00. The van der Waals surface area contributed by atoms with Crippen LogP contribution in [0, 0.1) is 6.92 Å². The van der Waals surface area contributed by atoms with Crippen molar-refractivity contribution in [3.05, 3.63) is 63.0 Å². The fourth-order valence-electron chi connectivity index (χ4n) is 3.04. The zero-order valence-electron chi connectivity index (χ0n) is 15.6. The van der Waals surface area contributed by atoms with Gasteiger partial charge in [0.1, 0.15) is 10.9 Å². The van der Waals surface area contributed by atoms with Gasteiger partial charge in [-0.05, 0) is 24.5 Å². The van der Waals surface area contributed by atoms with Crippen LogP contribution in [0.15, 0.2) is 41.5 Å². The Kier molecular flexibility index (Phi) is 5.89. The Morgan fingerprint density at radius 2 is 2.00 bits per heavy atom. The first-order valence-corrected chi connectivity index (χ1v) is 9.80. The molecule has 0 fully saturated rings. The summed E-state index contributed by atoms with van der Waals surface area (Å²) in [5.74, 6) is -1.56. The van der Waals surface area contributed by atoms with Crippen LogP contribution in [0.4, 0.5) is 0 Å². The number of hydrogen-bond donors (Lipinski definition) is 2. The van der Waals surface area contributed by atoms with E-state index in [0.29, 0.717) is 40.0 Å². The molecule has 0 aliphatic heterocycles. The van der Waals surface area contributed by atoms with E-state index >= 15 is 0 Å². The second-order valence-corrected chi connectivity index (χ2v) is 7.55. The number of fused-ring (bicyclic) bond motifs is 1. The van der Waals surface area contributed by atoms with Gasteiger partial charge < -0.3 is 10.4 Å². The van der Waals surface area contributed by atoms with Crippen molar-refractivity contribution < 1.29 is 14.7 Å². The van der Waals surface area contributed by atoms with Gasteiger partial charge in [0.05, 0.1) is 23.1 Å². The maximum absolute atomic E-state index is 12.9. The van der Waals surface area contributed by atoms with Crippen molar-refractivity contribution in [2.75, 3.05) is 0 Å². The summed E-state index contributed by atoms with van der Waals surface area (Å²) in [6.07, 6.45) is 2.45. The lowest BCUT2D eigenvalue weighted by molar-refractivity contribution is -0.139. The molecule has 2 heterocycles. The summed E-state index contributed by atoms with van der Waals surface area (Å²) in [5, 5.41) is 12.2. The minimum absolute atomic E-state index is 0.218. The molecule has 0 aliphatic rings. The van der Waals surface area contributed by atoms with Gasteiger partial charge in [0.2, 0.25) is 0 Å². The molecule has 3 rings (SSSR count). The molecule has 7 nitrogen and oxygen atoms in total. The highest BCUT2D eigenvalue weighted by Gasteiger charge is 2.24. The normalized spacial score (nSPS) is 12.1. The molecule has 28 heavy (non-hydrogen) atoms. The smallest absolute Gasteiger partial charge is 0.326 e. The highest BCUT2D eigenvalue weighted by molar-refractivity contribution is 7.20. The molecule has 1 atom stereocenters. The van der Waals surface area contributed by atoms with Gasteiger partial charge in [0.25, 0.3) is 11.5 Å². The summed E-state index contributed by atoms with van der Waals surface area (Å²) in [7, 11) is 0. The van der Waals surface area contributed by atoms with Crippen LogP contribution in [0.1, 0.15) is 40.6 Å². The van der Waals surface area contributed by atoms with Crippen molar-refractivity contribution >= 4 is 33.4 Å². The molecule has 0 spiro atoms. The third kappa shape index (κ3) is 3.96. The summed E-state index contributed by atoms with van der Waals surface area (Å²) >= 11 is 1.10. The molecule has 1 unspecified atom stereocenters. The minimum atomic E-state index is -1.07. The summed E-state index contributed by atoms with van der Waals surface area (Å²) < 4.78 is 1.51. The van der Waals surface area contributed by atoms with E-state index in [-0.39, 0.29) is 5.56 Å². The van der Waals surface area contributed by atoms with Gasteiger partial charge in [-0.25, -0.2) is 9.78 Å². The van der Waals surface area contributed by atoms with E-state index in [1.54, 1.807) is 6.92 Å². The molecule has 3 aromatic rings. The predicted molar refractivity (Wildman–Crippen MR) is 108 cm³/mol. The van der Waals surface area contributed by atoms with E-state index in [1.807, 2.05) is 37.3 Å². The lowest BCUT2D eigenvalue weighted by atomic mass is 10.1. The van der Waals surface area contributed by atoms with Crippen LogP contribution in [0.25, 0.3) is 10.2 Å². The SMILES string of the molecule is CCCC(NC(=O)c1sc2ncn(Cc3ccccc3)c(=O)c2c1C)C(=O)O. The molecule has 1 aromatic carbocycles. The number of benzene rings is 1. The molecule has 0 saturated heterocycles. The summed E-state index contributed by atoms with van der Waals surface area (Å²) in [5.41, 5.74) is 1.28. The molecule has 146 valence electrons. The van der Waals surface area contributed by atoms with Gasteiger partial charge in [-0.15, -0.1) is 11.3 Å². The number of carboxylic acids is 1. The summed E-state index contributed by atoms with van der Waals surface area (Å²) in [6, 6.07) is 8.61. The molecule has 0 radical (unpaired) electrons. The molecule has 0 aliphatic carbocycles. The maximum atomic E-state index is 12.9. The monoisotopic (exact) mass is 399 g/mol. The fourth-order valence-corrected chi connectivity index (χ4v) is 4.08. The van der Waals surface area contributed by atoms with Gasteiger partial charge in [-0.2, -0.15) is 0 Å². The standard InChI is InChI=1S/C20H21N3O4S/c1-3-7-14(20(26)27)22-17(24)16-12(2)15-18(28-16)21-11-23(19(15)25)10-13-8-5-4-6-9-13/h4-6,8-9,11,14H,3,7,10H2,1-2H3,(H,22,24)(H,26,27). The lowest BCUT2D eigenvalue weighted by Crippen LogP contribution is -2.40. The Morgan fingerprint density at radius 1 is 1.29 bits per heavy atom. The number of carbonyl (C=O) groups excluding carboxylic acids is 1. The third-order valence-electron chi connectivity index (χ3n) is 4.50. The van der Waals surface area contributed by atoms with Crippen LogP contribution in [0.5, 0.6) is 0 Å². The highest BCUT2D eigenvalue weighted by Crippen LogP contribution is 2.27. The molecule has 0 bridgehead atoms. The van der Waals surface area contributed by atoms with Crippen LogP contribution in [0.3, 0.4) is 0 Å². The molecule has 2 N–H and O–H groups in total. The van der Waals surface area contributed by atoms with Crippen molar-refractivity contribution in [2.45, 2.75) is 39.3 Å². The van der Waals surface area contributed by atoms with Crippen LogP contribution in [0.2, 0.25) is 0 Å². The fraction of sp³-hybridized carbons (Fsp3) is 0.300. The van der Waals surface area contributed by atoms with Gasteiger partial charge in [0, 0.05) is 0 Å². The van der Waals surface area contributed by atoms with Crippen molar-refractivity contribution in [2.24, 2.45) is 0 Å². The lowest BCUT2D eigenvalue weighted by Gasteiger charge is -2.12. The number of carboxylic acid groups (broad SMARTS) is 1. The molecular weight excluding hydrogens is 378 g/mol. The average molecular weight is 399 g/mol. The van der Waals surface area contributed by atoms with Gasteiger partial charge >= 0.3 is 5.97 Å². The molecule has 1 amide bonds. The number of amides is 1. The van der Waals surface area contributed by atoms with Crippen molar-refractivity contribution in [1.29, 1.82) is 0 Å². The molecule has 8 heteroatoms. The van der Waals surface area contributed by atoms with Crippen LogP contribution in [-0.4, -0.2) is 32.6 Å².